The third-order valence-electron chi connectivity index (χ3n) is 10.00. The Morgan fingerprint density at radius 3 is 1.86 bits per heavy atom. The Balaban J connectivity index is 1.20. The molecule has 10 rings (SSSR count). The highest BCUT2D eigenvalue weighted by Gasteiger charge is 2.23. The third kappa shape index (κ3) is 4.93. The van der Waals surface area contributed by atoms with Gasteiger partial charge in [-0.3, -0.25) is 0 Å². The number of fused-ring (bicyclic) bond motifs is 6. The molecule has 0 amide bonds. The first-order valence-corrected chi connectivity index (χ1v) is 18.2. The van der Waals surface area contributed by atoms with Crippen LogP contribution in [0.2, 0.25) is 0 Å². The minimum atomic E-state index is 1.10. The van der Waals surface area contributed by atoms with Gasteiger partial charge in [0, 0.05) is 47.9 Å². The smallest absolute Gasteiger partial charge is 0.0562 e. The molecule has 0 saturated heterocycles. The molecule has 0 radical (unpaired) electrons. The van der Waals surface area contributed by atoms with Crippen molar-refractivity contribution in [2.24, 2.45) is 0 Å². The van der Waals surface area contributed by atoms with Gasteiger partial charge in [-0.1, -0.05) is 127 Å². The van der Waals surface area contributed by atoms with E-state index < -0.39 is 0 Å². The van der Waals surface area contributed by atoms with E-state index in [9.17, 15) is 0 Å². The Bertz CT molecular complexity index is 2850. The summed E-state index contributed by atoms with van der Waals surface area (Å²) in [7, 11) is 0. The van der Waals surface area contributed by atoms with Gasteiger partial charge < -0.3 is 9.47 Å². The van der Waals surface area contributed by atoms with E-state index in [2.05, 4.69) is 204 Å². The van der Waals surface area contributed by atoms with Crippen LogP contribution >= 0.6 is 11.3 Å². The first-order chi connectivity index (χ1) is 25.3. The maximum absolute atomic E-state index is 2.45. The van der Waals surface area contributed by atoms with E-state index in [4.69, 9.17) is 0 Å². The molecule has 3 heteroatoms. The highest BCUT2D eigenvalue weighted by Crippen LogP contribution is 2.47. The van der Waals surface area contributed by atoms with Gasteiger partial charge in [0.15, 0.2) is 0 Å². The summed E-state index contributed by atoms with van der Waals surface area (Å²) < 4.78 is 5.04. The SMILES string of the molecule is c1ccc(-c2ccccc2N(c2ccc(-c3ccc4sc5ccccc5c4c3)cc2)c2cccc3c2c2ccccc2n3-c2ccccc2)cc1. The van der Waals surface area contributed by atoms with Crippen molar-refractivity contribution in [2.45, 2.75) is 0 Å². The Labute approximate surface area is 300 Å². The standard InChI is InChI=1S/C48H32N2S/c1-3-14-34(15-4-1)38-18-7-10-21-42(38)50(37-29-26-33(27-30-37)35-28-31-47-41(32-35)39-19-9-12-25-46(39)51-47)45-24-13-23-44-48(45)40-20-8-11-22-43(40)49(44)36-16-5-2-6-17-36/h1-32H. The molecule has 2 aromatic heterocycles. The number of rotatable bonds is 6. The zero-order valence-electron chi connectivity index (χ0n) is 27.8. The average molecular weight is 669 g/mol. The summed E-state index contributed by atoms with van der Waals surface area (Å²) in [5, 5.41) is 5.08. The zero-order valence-corrected chi connectivity index (χ0v) is 28.6. The third-order valence-corrected chi connectivity index (χ3v) is 11.1. The molecular formula is C48H32N2S. The van der Waals surface area contributed by atoms with Crippen LogP contribution in [0, 0.1) is 0 Å². The predicted octanol–water partition coefficient (Wildman–Crippen LogP) is 14.0. The Morgan fingerprint density at radius 2 is 1.02 bits per heavy atom. The van der Waals surface area contributed by atoms with Gasteiger partial charge in [0.25, 0.3) is 0 Å². The Kier molecular flexibility index (Phi) is 7.04. The number of aromatic nitrogens is 1. The zero-order chi connectivity index (χ0) is 33.7. The summed E-state index contributed by atoms with van der Waals surface area (Å²) in [5.74, 6) is 0. The number of hydrogen-bond donors (Lipinski definition) is 0. The van der Waals surface area contributed by atoms with E-state index in [-0.39, 0.29) is 0 Å². The molecule has 0 fully saturated rings. The number of benzene rings is 8. The molecule has 0 aliphatic heterocycles. The lowest BCUT2D eigenvalue weighted by Crippen LogP contribution is -2.11. The van der Waals surface area contributed by atoms with Gasteiger partial charge in [-0.05, 0) is 83.4 Å². The summed E-state index contributed by atoms with van der Waals surface area (Å²) >= 11 is 1.86. The monoisotopic (exact) mass is 668 g/mol. The van der Waals surface area contributed by atoms with Crippen molar-refractivity contribution in [3.05, 3.63) is 194 Å². The van der Waals surface area contributed by atoms with Gasteiger partial charge >= 0.3 is 0 Å². The molecule has 0 aliphatic rings. The Hall–Kier alpha value is -6.42. The minimum Gasteiger partial charge on any atom is -0.309 e. The van der Waals surface area contributed by atoms with E-state index in [1.165, 1.54) is 64.2 Å². The lowest BCUT2D eigenvalue weighted by atomic mass is 9.99. The van der Waals surface area contributed by atoms with Gasteiger partial charge in [-0.15, -0.1) is 11.3 Å². The number of nitrogens with zero attached hydrogens (tertiary/aromatic N) is 2. The molecule has 2 heterocycles. The van der Waals surface area contributed by atoms with Crippen molar-refractivity contribution in [2.75, 3.05) is 4.90 Å². The summed E-state index contributed by atoms with van der Waals surface area (Å²) in [4.78, 5) is 2.45. The van der Waals surface area contributed by atoms with Gasteiger partial charge in [-0.25, -0.2) is 0 Å². The second-order valence-electron chi connectivity index (χ2n) is 12.9. The fourth-order valence-corrected chi connectivity index (χ4v) is 8.78. The molecule has 0 spiro atoms. The van der Waals surface area contributed by atoms with Crippen LogP contribution in [0.15, 0.2) is 194 Å². The van der Waals surface area contributed by atoms with Gasteiger partial charge in [0.05, 0.1) is 22.4 Å². The number of thiophene rings is 1. The van der Waals surface area contributed by atoms with E-state index >= 15 is 0 Å². The average Bonchev–Trinajstić information content (AvgIpc) is 3.75. The van der Waals surface area contributed by atoms with E-state index in [0.29, 0.717) is 0 Å². The number of para-hydroxylation sites is 3. The first-order valence-electron chi connectivity index (χ1n) is 17.4. The van der Waals surface area contributed by atoms with Gasteiger partial charge in [0.1, 0.15) is 0 Å². The molecule has 0 bridgehead atoms. The van der Waals surface area contributed by atoms with Gasteiger partial charge in [0.2, 0.25) is 0 Å². The number of hydrogen-bond acceptors (Lipinski definition) is 2. The molecule has 2 nitrogen and oxygen atoms in total. The van der Waals surface area contributed by atoms with Crippen molar-refractivity contribution >= 4 is 70.4 Å². The summed E-state index contributed by atoms with van der Waals surface area (Å²) in [6.45, 7) is 0. The fraction of sp³-hybridized carbons (Fsp3) is 0. The van der Waals surface area contributed by atoms with Crippen molar-refractivity contribution in [1.29, 1.82) is 0 Å². The summed E-state index contributed by atoms with van der Waals surface area (Å²) in [6, 6.07) is 70.4. The lowest BCUT2D eigenvalue weighted by Gasteiger charge is -2.29. The molecule has 8 aromatic carbocycles. The summed E-state index contributed by atoms with van der Waals surface area (Å²) in [6.07, 6.45) is 0. The van der Waals surface area contributed by atoms with Crippen LogP contribution in [0.1, 0.15) is 0 Å². The highest BCUT2D eigenvalue weighted by molar-refractivity contribution is 7.25. The van der Waals surface area contributed by atoms with Crippen molar-refractivity contribution in [3.8, 4) is 27.9 Å². The van der Waals surface area contributed by atoms with Crippen molar-refractivity contribution in [1.82, 2.24) is 4.57 Å². The summed E-state index contributed by atoms with van der Waals surface area (Å²) in [5.41, 5.74) is 11.7. The minimum absolute atomic E-state index is 1.10. The lowest BCUT2D eigenvalue weighted by molar-refractivity contribution is 1.18. The topological polar surface area (TPSA) is 8.17 Å². The predicted molar refractivity (Wildman–Crippen MR) is 219 cm³/mol. The van der Waals surface area contributed by atoms with Crippen molar-refractivity contribution < 1.29 is 0 Å². The van der Waals surface area contributed by atoms with Gasteiger partial charge in [-0.2, -0.15) is 0 Å². The van der Waals surface area contributed by atoms with E-state index in [1.807, 2.05) is 11.3 Å². The van der Waals surface area contributed by atoms with Crippen molar-refractivity contribution in [3.63, 3.8) is 0 Å². The molecule has 240 valence electrons. The van der Waals surface area contributed by atoms with E-state index in [0.717, 1.165) is 22.7 Å². The maximum atomic E-state index is 2.45. The maximum Gasteiger partial charge on any atom is 0.0562 e. The quantitative estimate of drug-likeness (QED) is 0.171. The fourth-order valence-electron chi connectivity index (χ4n) is 7.69. The van der Waals surface area contributed by atoms with Crippen LogP contribution in [0.4, 0.5) is 17.1 Å². The Morgan fingerprint density at radius 1 is 0.392 bits per heavy atom. The van der Waals surface area contributed by atoms with Crippen LogP contribution in [0.5, 0.6) is 0 Å². The van der Waals surface area contributed by atoms with E-state index in [1.54, 1.807) is 0 Å². The van der Waals surface area contributed by atoms with Crippen LogP contribution in [-0.4, -0.2) is 4.57 Å². The second kappa shape index (κ2) is 12.2. The number of anilines is 3. The molecule has 10 aromatic rings. The second-order valence-corrected chi connectivity index (χ2v) is 14.0. The normalized spacial score (nSPS) is 11.5. The molecule has 0 saturated carbocycles. The molecular weight excluding hydrogens is 637 g/mol. The molecule has 0 N–H and O–H groups in total. The van der Waals surface area contributed by atoms with Crippen LogP contribution in [0.25, 0.3) is 69.9 Å². The molecule has 0 aliphatic carbocycles. The van der Waals surface area contributed by atoms with Crippen LogP contribution in [-0.2, 0) is 0 Å². The van der Waals surface area contributed by atoms with Crippen LogP contribution < -0.4 is 4.90 Å². The molecule has 51 heavy (non-hydrogen) atoms. The first kappa shape index (κ1) is 29.5. The largest absolute Gasteiger partial charge is 0.309 e. The van der Waals surface area contributed by atoms with Crippen LogP contribution in [0.3, 0.4) is 0 Å². The molecule has 0 unspecified atom stereocenters. The highest BCUT2D eigenvalue weighted by atomic mass is 32.1. The molecule has 0 atom stereocenters.